The Morgan fingerprint density at radius 3 is 2.73 bits per heavy atom. The van der Waals surface area contributed by atoms with Gasteiger partial charge < -0.3 is 14.7 Å². The monoisotopic (exact) mass is 305 g/mol. The number of nitrogens with zero attached hydrogens (tertiary/aromatic N) is 1. The van der Waals surface area contributed by atoms with Gasteiger partial charge in [-0.3, -0.25) is 9.59 Å². The van der Waals surface area contributed by atoms with Crippen LogP contribution in [0.15, 0.2) is 30.3 Å². The Hall–Kier alpha value is -1.88. The van der Waals surface area contributed by atoms with Crippen molar-refractivity contribution in [1.29, 1.82) is 0 Å². The highest BCUT2D eigenvalue weighted by Crippen LogP contribution is 2.25. The number of hydrogen-bond donors (Lipinski definition) is 1. The second kappa shape index (κ2) is 7.94. The van der Waals surface area contributed by atoms with Gasteiger partial charge in [0.2, 0.25) is 0 Å². The number of carbonyl (C=O) groups is 2. The molecule has 0 unspecified atom stereocenters. The maximum atomic E-state index is 12.7. The molecule has 1 aromatic rings. The molecule has 0 aromatic heterocycles. The number of piperidine rings is 1. The van der Waals surface area contributed by atoms with Crippen LogP contribution in [0.5, 0.6) is 0 Å². The predicted molar refractivity (Wildman–Crippen MR) is 82.4 cm³/mol. The van der Waals surface area contributed by atoms with Gasteiger partial charge in [-0.15, -0.1) is 0 Å². The van der Waals surface area contributed by atoms with E-state index in [0.717, 1.165) is 24.9 Å². The van der Waals surface area contributed by atoms with Crippen molar-refractivity contribution in [2.75, 3.05) is 20.2 Å². The highest BCUT2D eigenvalue weighted by Gasteiger charge is 2.29. The summed E-state index contributed by atoms with van der Waals surface area (Å²) in [4.78, 5) is 25.2. The van der Waals surface area contributed by atoms with Gasteiger partial charge in [0.25, 0.3) is 5.91 Å². The van der Waals surface area contributed by atoms with Crippen LogP contribution in [-0.4, -0.2) is 42.1 Å². The van der Waals surface area contributed by atoms with E-state index in [2.05, 4.69) is 0 Å². The second-order valence-electron chi connectivity index (χ2n) is 5.75. The van der Waals surface area contributed by atoms with Crippen molar-refractivity contribution in [2.24, 2.45) is 5.92 Å². The van der Waals surface area contributed by atoms with E-state index in [1.807, 2.05) is 35.2 Å². The maximum Gasteiger partial charge on any atom is 0.303 e. The summed E-state index contributed by atoms with van der Waals surface area (Å²) in [6.45, 7) is 1.34. The molecular formula is C17H23NO4. The van der Waals surface area contributed by atoms with Crippen molar-refractivity contribution < 1.29 is 19.4 Å². The molecule has 0 spiro atoms. The largest absolute Gasteiger partial charge is 0.481 e. The highest BCUT2D eigenvalue weighted by atomic mass is 16.5. The molecule has 0 radical (unpaired) electrons. The number of ether oxygens (including phenoxy) is 1. The lowest BCUT2D eigenvalue weighted by Crippen LogP contribution is -2.42. The summed E-state index contributed by atoms with van der Waals surface area (Å²) in [5.74, 6) is -0.543. The summed E-state index contributed by atoms with van der Waals surface area (Å²) in [6, 6.07) is 9.46. The van der Waals surface area contributed by atoms with Gasteiger partial charge in [-0.2, -0.15) is 0 Å². The standard InChI is InChI=1S/C17H23NO4/c1-22-16(14-7-3-2-4-8-14)17(21)18-11-5-6-13(12-18)9-10-15(19)20/h2-4,7-8,13,16H,5-6,9-12H2,1H3,(H,19,20)/t13-,16-/m1/s1. The van der Waals surface area contributed by atoms with E-state index in [9.17, 15) is 9.59 Å². The van der Waals surface area contributed by atoms with Crippen LogP contribution in [-0.2, 0) is 14.3 Å². The first-order valence-corrected chi connectivity index (χ1v) is 7.70. The predicted octanol–water partition coefficient (Wildman–Crippen LogP) is 2.48. The molecule has 1 fully saturated rings. The van der Waals surface area contributed by atoms with Gasteiger partial charge in [0.05, 0.1) is 0 Å². The van der Waals surface area contributed by atoms with Crippen LogP contribution >= 0.6 is 0 Å². The molecule has 1 heterocycles. The molecule has 22 heavy (non-hydrogen) atoms. The molecule has 5 nitrogen and oxygen atoms in total. The lowest BCUT2D eigenvalue weighted by Gasteiger charge is -2.34. The van der Waals surface area contributed by atoms with Crippen LogP contribution in [0.4, 0.5) is 0 Å². The van der Waals surface area contributed by atoms with Crippen LogP contribution in [0.25, 0.3) is 0 Å². The molecule has 1 saturated heterocycles. The third kappa shape index (κ3) is 4.31. The van der Waals surface area contributed by atoms with Crippen molar-refractivity contribution in [3.05, 3.63) is 35.9 Å². The molecule has 120 valence electrons. The number of carboxylic acid groups (broad SMARTS) is 1. The molecular weight excluding hydrogens is 282 g/mol. The van der Waals surface area contributed by atoms with E-state index in [-0.39, 0.29) is 18.2 Å². The van der Waals surface area contributed by atoms with Gasteiger partial charge in [-0.1, -0.05) is 30.3 Å². The SMILES string of the molecule is CO[C@@H](C(=O)N1CCC[C@H](CCC(=O)O)C1)c1ccccc1. The normalized spacial score (nSPS) is 19.7. The molecule has 1 aliphatic rings. The molecule has 2 atom stereocenters. The second-order valence-corrected chi connectivity index (χ2v) is 5.75. The molecule has 1 aromatic carbocycles. The van der Waals surface area contributed by atoms with Crippen LogP contribution in [0.1, 0.15) is 37.4 Å². The minimum Gasteiger partial charge on any atom is -0.481 e. The number of carbonyl (C=O) groups excluding carboxylic acids is 1. The molecule has 1 aliphatic heterocycles. The summed E-state index contributed by atoms with van der Waals surface area (Å²) in [5, 5.41) is 8.79. The van der Waals surface area contributed by atoms with E-state index in [1.165, 1.54) is 0 Å². The Bertz CT molecular complexity index is 503. The molecule has 2 rings (SSSR count). The summed E-state index contributed by atoms with van der Waals surface area (Å²) < 4.78 is 5.40. The third-order valence-electron chi connectivity index (χ3n) is 4.16. The number of likely N-dealkylation sites (tertiary alicyclic amines) is 1. The van der Waals surface area contributed by atoms with Crippen molar-refractivity contribution in [3.63, 3.8) is 0 Å². The first kappa shape index (κ1) is 16.5. The van der Waals surface area contributed by atoms with Crippen LogP contribution in [0, 0.1) is 5.92 Å². The molecule has 0 saturated carbocycles. The van der Waals surface area contributed by atoms with E-state index < -0.39 is 12.1 Å². The van der Waals surface area contributed by atoms with Gasteiger partial charge in [0, 0.05) is 26.6 Å². The number of rotatable bonds is 6. The zero-order chi connectivity index (χ0) is 15.9. The van der Waals surface area contributed by atoms with Crippen LogP contribution in [0.3, 0.4) is 0 Å². The van der Waals surface area contributed by atoms with Crippen molar-refractivity contribution >= 4 is 11.9 Å². The zero-order valence-electron chi connectivity index (χ0n) is 12.9. The van der Waals surface area contributed by atoms with Gasteiger partial charge in [-0.25, -0.2) is 0 Å². The van der Waals surface area contributed by atoms with Gasteiger partial charge >= 0.3 is 5.97 Å². The van der Waals surface area contributed by atoms with E-state index in [1.54, 1.807) is 7.11 Å². The minimum absolute atomic E-state index is 0.0336. The van der Waals surface area contributed by atoms with Gasteiger partial charge in [0.1, 0.15) is 0 Å². The average molecular weight is 305 g/mol. The lowest BCUT2D eigenvalue weighted by molar-refractivity contribution is -0.144. The summed E-state index contributed by atoms with van der Waals surface area (Å²) >= 11 is 0. The topological polar surface area (TPSA) is 66.8 Å². The van der Waals surface area contributed by atoms with Crippen molar-refractivity contribution in [1.82, 2.24) is 4.90 Å². The fourth-order valence-corrected chi connectivity index (χ4v) is 3.00. The Kier molecular flexibility index (Phi) is 5.95. The quantitative estimate of drug-likeness (QED) is 0.877. The van der Waals surface area contributed by atoms with Gasteiger partial charge in [0.15, 0.2) is 6.10 Å². The summed E-state index contributed by atoms with van der Waals surface area (Å²) in [5.41, 5.74) is 0.850. The maximum absolute atomic E-state index is 12.7. The molecule has 0 bridgehead atoms. The molecule has 5 heteroatoms. The molecule has 1 N–H and O–H groups in total. The number of amides is 1. The van der Waals surface area contributed by atoms with Crippen molar-refractivity contribution in [3.8, 4) is 0 Å². The fraction of sp³-hybridized carbons (Fsp3) is 0.529. The lowest BCUT2D eigenvalue weighted by atomic mass is 9.93. The average Bonchev–Trinajstić information content (AvgIpc) is 2.55. The summed E-state index contributed by atoms with van der Waals surface area (Å²) in [6.07, 6.45) is 2.11. The van der Waals surface area contributed by atoms with E-state index in [0.29, 0.717) is 13.0 Å². The Morgan fingerprint density at radius 2 is 2.09 bits per heavy atom. The highest BCUT2D eigenvalue weighted by molar-refractivity contribution is 5.82. The first-order chi connectivity index (χ1) is 10.6. The van der Waals surface area contributed by atoms with Crippen molar-refractivity contribution in [2.45, 2.75) is 31.8 Å². The Labute approximate surface area is 130 Å². The third-order valence-corrected chi connectivity index (χ3v) is 4.16. The zero-order valence-corrected chi connectivity index (χ0v) is 12.9. The number of carboxylic acids is 1. The number of methoxy groups -OCH3 is 1. The smallest absolute Gasteiger partial charge is 0.303 e. The molecule has 1 amide bonds. The fourth-order valence-electron chi connectivity index (χ4n) is 3.00. The van der Waals surface area contributed by atoms with Crippen LogP contribution < -0.4 is 0 Å². The number of aliphatic carboxylic acids is 1. The number of hydrogen-bond acceptors (Lipinski definition) is 3. The number of benzene rings is 1. The molecule has 0 aliphatic carbocycles. The van der Waals surface area contributed by atoms with E-state index >= 15 is 0 Å². The summed E-state index contributed by atoms with van der Waals surface area (Å²) in [7, 11) is 1.54. The minimum atomic E-state index is -0.775. The first-order valence-electron chi connectivity index (χ1n) is 7.70. The van der Waals surface area contributed by atoms with Crippen LogP contribution in [0.2, 0.25) is 0 Å². The Balaban J connectivity index is 1.99. The van der Waals surface area contributed by atoms with Gasteiger partial charge in [-0.05, 0) is 30.7 Å². The van der Waals surface area contributed by atoms with E-state index in [4.69, 9.17) is 9.84 Å². The Morgan fingerprint density at radius 1 is 1.36 bits per heavy atom.